The van der Waals surface area contributed by atoms with Gasteiger partial charge in [0.1, 0.15) is 11.9 Å². The first kappa shape index (κ1) is 11.3. The van der Waals surface area contributed by atoms with Crippen LogP contribution in [0.15, 0.2) is 30.7 Å². The molecular formula is C11H12N4O2. The number of carboxylic acids is 1. The van der Waals surface area contributed by atoms with E-state index in [-0.39, 0.29) is 6.42 Å². The fraction of sp³-hybridized carbons (Fsp3) is 0.182. The number of aromatic nitrogens is 3. The highest BCUT2D eigenvalue weighted by Crippen LogP contribution is 2.15. The number of hydrogen-bond donors (Lipinski definition) is 3. The number of imidazole rings is 1. The summed E-state index contributed by atoms with van der Waals surface area (Å²) in [5, 5.41) is 8.69. The topological polar surface area (TPSA) is 105 Å². The fourth-order valence-electron chi connectivity index (χ4n) is 1.43. The number of nitrogens with two attached hydrogens (primary N) is 1. The number of carboxylic acid groups (broad SMARTS) is 1. The number of hydrogen-bond acceptors (Lipinski definition) is 4. The van der Waals surface area contributed by atoms with Crippen molar-refractivity contribution >= 4 is 5.97 Å². The van der Waals surface area contributed by atoms with Crippen molar-refractivity contribution in [3.63, 3.8) is 0 Å². The molecule has 0 saturated heterocycles. The lowest BCUT2D eigenvalue weighted by molar-refractivity contribution is -0.138. The van der Waals surface area contributed by atoms with Crippen molar-refractivity contribution in [1.82, 2.24) is 15.0 Å². The molecule has 88 valence electrons. The van der Waals surface area contributed by atoms with Crippen LogP contribution in [-0.2, 0) is 11.2 Å². The van der Waals surface area contributed by atoms with E-state index in [2.05, 4.69) is 15.0 Å². The molecule has 0 spiro atoms. The van der Waals surface area contributed by atoms with E-state index in [9.17, 15) is 4.79 Å². The Morgan fingerprint density at radius 3 is 3.00 bits per heavy atom. The van der Waals surface area contributed by atoms with Crippen LogP contribution in [0.4, 0.5) is 0 Å². The Morgan fingerprint density at radius 1 is 1.53 bits per heavy atom. The molecule has 6 heteroatoms. The van der Waals surface area contributed by atoms with Gasteiger partial charge in [0.2, 0.25) is 0 Å². The zero-order valence-corrected chi connectivity index (χ0v) is 9.00. The number of H-pyrrole nitrogens is 1. The molecule has 2 aromatic heterocycles. The number of nitrogens with zero attached hydrogens (tertiary/aromatic N) is 2. The van der Waals surface area contributed by atoms with E-state index < -0.39 is 12.0 Å². The lowest BCUT2D eigenvalue weighted by Crippen LogP contribution is -2.32. The second-order valence-electron chi connectivity index (χ2n) is 3.63. The summed E-state index contributed by atoms with van der Waals surface area (Å²) in [7, 11) is 0. The lowest BCUT2D eigenvalue weighted by atomic mass is 10.2. The molecule has 6 nitrogen and oxygen atoms in total. The molecule has 0 aliphatic rings. The van der Waals surface area contributed by atoms with Crippen LogP contribution in [0.3, 0.4) is 0 Å². The average molecular weight is 232 g/mol. The molecule has 1 unspecified atom stereocenters. The molecule has 2 rings (SSSR count). The van der Waals surface area contributed by atoms with Gasteiger partial charge in [-0.1, -0.05) is 0 Å². The maximum absolute atomic E-state index is 10.6. The van der Waals surface area contributed by atoms with Crippen molar-refractivity contribution < 1.29 is 9.90 Å². The molecule has 0 bridgehead atoms. The molecule has 0 fully saturated rings. The summed E-state index contributed by atoms with van der Waals surface area (Å²) in [6.45, 7) is 0. The van der Waals surface area contributed by atoms with Crippen LogP contribution in [-0.4, -0.2) is 32.1 Å². The van der Waals surface area contributed by atoms with Gasteiger partial charge in [-0.3, -0.25) is 9.78 Å². The molecule has 0 aliphatic heterocycles. The van der Waals surface area contributed by atoms with E-state index in [1.807, 2.05) is 12.1 Å². The number of carbonyl (C=O) groups is 1. The third-order valence-corrected chi connectivity index (χ3v) is 2.33. The van der Waals surface area contributed by atoms with Crippen LogP contribution in [0.5, 0.6) is 0 Å². The molecule has 0 amide bonds. The summed E-state index contributed by atoms with van der Waals surface area (Å²) in [6.07, 6.45) is 5.20. The van der Waals surface area contributed by atoms with Gasteiger partial charge in [-0.15, -0.1) is 0 Å². The second-order valence-corrected chi connectivity index (χ2v) is 3.63. The van der Waals surface area contributed by atoms with E-state index in [0.29, 0.717) is 5.82 Å². The molecule has 2 heterocycles. The van der Waals surface area contributed by atoms with E-state index in [0.717, 1.165) is 11.3 Å². The summed E-state index contributed by atoms with van der Waals surface area (Å²) in [5.74, 6) is -0.483. The first-order valence-electron chi connectivity index (χ1n) is 5.09. The van der Waals surface area contributed by atoms with Crippen molar-refractivity contribution in [2.45, 2.75) is 12.5 Å². The molecule has 17 heavy (non-hydrogen) atoms. The van der Waals surface area contributed by atoms with Gasteiger partial charge in [-0.05, 0) is 12.1 Å². The molecule has 0 radical (unpaired) electrons. The highest BCUT2D eigenvalue weighted by atomic mass is 16.4. The molecule has 4 N–H and O–H groups in total. The summed E-state index contributed by atoms with van der Waals surface area (Å²) in [5.41, 5.74) is 7.12. The molecule has 0 aliphatic carbocycles. The van der Waals surface area contributed by atoms with Crippen molar-refractivity contribution in [3.05, 3.63) is 36.5 Å². The van der Waals surface area contributed by atoms with Gasteiger partial charge in [0, 0.05) is 24.4 Å². The Hall–Kier alpha value is -2.21. The zero-order chi connectivity index (χ0) is 12.3. The van der Waals surface area contributed by atoms with Crippen LogP contribution in [0.25, 0.3) is 11.3 Å². The second kappa shape index (κ2) is 4.75. The predicted octanol–water partition coefficient (Wildman–Crippen LogP) is 0.426. The standard InChI is InChI=1S/C11H12N4O2/c12-8(11(16)17)4-10-14-6-9(15-10)7-2-1-3-13-5-7/h1-3,5-6,8H,4,12H2,(H,14,15)(H,16,17). The maximum atomic E-state index is 10.6. The van der Waals surface area contributed by atoms with Gasteiger partial charge in [0.25, 0.3) is 0 Å². The Balaban J connectivity index is 2.14. The number of aliphatic carboxylic acids is 1. The lowest BCUT2D eigenvalue weighted by Gasteiger charge is -2.02. The van der Waals surface area contributed by atoms with Crippen LogP contribution >= 0.6 is 0 Å². The van der Waals surface area contributed by atoms with Gasteiger partial charge < -0.3 is 15.8 Å². The third-order valence-electron chi connectivity index (χ3n) is 2.33. The largest absolute Gasteiger partial charge is 0.480 e. The number of rotatable bonds is 4. The van der Waals surface area contributed by atoms with E-state index in [1.165, 1.54) is 0 Å². The molecule has 0 aromatic carbocycles. The molecule has 2 aromatic rings. The quantitative estimate of drug-likeness (QED) is 0.708. The maximum Gasteiger partial charge on any atom is 0.320 e. The summed E-state index contributed by atoms with van der Waals surface area (Å²) in [4.78, 5) is 21.7. The number of pyridine rings is 1. The van der Waals surface area contributed by atoms with Gasteiger partial charge in [-0.25, -0.2) is 4.98 Å². The van der Waals surface area contributed by atoms with Crippen LogP contribution < -0.4 is 5.73 Å². The van der Waals surface area contributed by atoms with Gasteiger partial charge >= 0.3 is 5.97 Å². The smallest absolute Gasteiger partial charge is 0.320 e. The van der Waals surface area contributed by atoms with E-state index >= 15 is 0 Å². The third kappa shape index (κ3) is 2.67. The van der Waals surface area contributed by atoms with E-state index in [1.54, 1.807) is 18.6 Å². The SMILES string of the molecule is NC(Cc1ncc(-c2cccnc2)[nH]1)C(=O)O. The first-order chi connectivity index (χ1) is 8.16. The minimum absolute atomic E-state index is 0.176. The number of aromatic amines is 1. The summed E-state index contributed by atoms with van der Waals surface area (Å²) >= 11 is 0. The van der Waals surface area contributed by atoms with Crippen molar-refractivity contribution in [1.29, 1.82) is 0 Å². The van der Waals surface area contributed by atoms with Crippen molar-refractivity contribution in [3.8, 4) is 11.3 Å². The Bertz CT molecular complexity index is 509. The first-order valence-corrected chi connectivity index (χ1v) is 5.09. The van der Waals surface area contributed by atoms with Gasteiger partial charge in [0.15, 0.2) is 0 Å². The summed E-state index contributed by atoms with van der Waals surface area (Å²) < 4.78 is 0. The Labute approximate surface area is 97.5 Å². The fourth-order valence-corrected chi connectivity index (χ4v) is 1.43. The van der Waals surface area contributed by atoms with Crippen molar-refractivity contribution in [2.75, 3.05) is 0 Å². The monoisotopic (exact) mass is 232 g/mol. The molecule has 1 atom stereocenters. The van der Waals surface area contributed by atoms with E-state index in [4.69, 9.17) is 10.8 Å². The highest BCUT2D eigenvalue weighted by Gasteiger charge is 2.14. The predicted molar refractivity (Wildman–Crippen MR) is 61.1 cm³/mol. The van der Waals surface area contributed by atoms with Crippen molar-refractivity contribution in [2.24, 2.45) is 5.73 Å². The molecular weight excluding hydrogens is 220 g/mol. The minimum atomic E-state index is -1.04. The highest BCUT2D eigenvalue weighted by molar-refractivity contribution is 5.73. The normalized spacial score (nSPS) is 12.3. The number of nitrogens with one attached hydrogen (secondary N) is 1. The van der Waals surface area contributed by atoms with Gasteiger partial charge in [-0.2, -0.15) is 0 Å². The Morgan fingerprint density at radius 2 is 2.35 bits per heavy atom. The van der Waals surface area contributed by atoms with Crippen LogP contribution in [0.2, 0.25) is 0 Å². The average Bonchev–Trinajstić information content (AvgIpc) is 2.78. The minimum Gasteiger partial charge on any atom is -0.480 e. The van der Waals surface area contributed by atoms with Crippen LogP contribution in [0, 0.1) is 0 Å². The van der Waals surface area contributed by atoms with Crippen LogP contribution in [0.1, 0.15) is 5.82 Å². The Kier molecular flexibility index (Phi) is 3.15. The summed E-state index contributed by atoms with van der Waals surface area (Å²) in [6, 6.07) is 2.77. The zero-order valence-electron chi connectivity index (χ0n) is 9.00. The molecule has 0 saturated carbocycles. The van der Waals surface area contributed by atoms with Gasteiger partial charge in [0.05, 0.1) is 11.9 Å².